The normalized spacial score (nSPS) is 31.5. The molecule has 4 atom stereocenters. The minimum Gasteiger partial charge on any atom is -0.493 e. The van der Waals surface area contributed by atoms with Crippen molar-refractivity contribution in [2.45, 2.75) is 24.1 Å². The first-order chi connectivity index (χ1) is 10.4. The largest absolute Gasteiger partial charge is 0.493 e. The summed E-state index contributed by atoms with van der Waals surface area (Å²) in [4.78, 5) is 7.16. The Morgan fingerprint density at radius 2 is 2.23 bits per heavy atom. The van der Waals surface area contributed by atoms with Gasteiger partial charge in [-0.3, -0.25) is 4.57 Å². The highest BCUT2D eigenvalue weighted by Crippen LogP contribution is 2.41. The van der Waals surface area contributed by atoms with Gasteiger partial charge in [-0.2, -0.15) is 5.26 Å². The first-order valence-corrected chi connectivity index (χ1v) is 6.17. The van der Waals surface area contributed by atoms with Crippen LogP contribution in [0.1, 0.15) is 6.23 Å². The highest BCUT2D eigenvalue weighted by Gasteiger charge is 2.56. The number of hydrogen-bond donors (Lipinski definition) is 3. The summed E-state index contributed by atoms with van der Waals surface area (Å²) >= 11 is 0. The van der Waals surface area contributed by atoms with Crippen LogP contribution in [0.4, 0.5) is 8.78 Å². The second-order valence-electron chi connectivity index (χ2n) is 4.84. The quantitative estimate of drug-likeness (QED) is 0.699. The van der Waals surface area contributed by atoms with Crippen molar-refractivity contribution in [3.8, 4) is 11.9 Å². The first-order valence-electron chi connectivity index (χ1n) is 6.17. The third-order valence-electron chi connectivity index (χ3n) is 3.62. The number of aromatic hydroxyl groups is 1. The van der Waals surface area contributed by atoms with E-state index in [4.69, 9.17) is 10.00 Å². The molecule has 3 rings (SSSR count). The van der Waals surface area contributed by atoms with Crippen LogP contribution in [0, 0.1) is 17.1 Å². The third-order valence-corrected chi connectivity index (χ3v) is 3.62. The van der Waals surface area contributed by atoms with Gasteiger partial charge >= 0.3 is 0 Å². The molecule has 0 radical (unpaired) electrons. The van der Waals surface area contributed by atoms with E-state index in [2.05, 4.69) is 9.97 Å². The number of fused-ring (bicyclic) bond motifs is 1. The molecular weight excluding hydrogens is 302 g/mol. The van der Waals surface area contributed by atoms with Crippen molar-refractivity contribution >= 4 is 11.0 Å². The maximum atomic E-state index is 14.3. The number of ether oxygens (including phenoxy) is 1. The van der Waals surface area contributed by atoms with Crippen LogP contribution in [-0.2, 0) is 4.74 Å². The summed E-state index contributed by atoms with van der Waals surface area (Å²) in [5.74, 6) is -1.55. The van der Waals surface area contributed by atoms with Crippen LogP contribution < -0.4 is 0 Å². The molecule has 1 saturated heterocycles. The summed E-state index contributed by atoms with van der Waals surface area (Å²) in [7, 11) is 0. The molecule has 116 valence electrons. The molecule has 0 spiro atoms. The molecule has 8 nitrogen and oxygen atoms in total. The fourth-order valence-corrected chi connectivity index (χ4v) is 2.45. The Balaban J connectivity index is 2.14. The second-order valence-corrected chi connectivity index (χ2v) is 4.84. The Morgan fingerprint density at radius 3 is 2.82 bits per heavy atom. The predicted octanol–water partition coefficient (Wildman–Crippen LogP) is -0.242. The summed E-state index contributed by atoms with van der Waals surface area (Å²) in [6.45, 7) is -0.941. The number of rotatable bonds is 2. The van der Waals surface area contributed by atoms with Crippen LogP contribution in [0.15, 0.2) is 12.5 Å². The fourth-order valence-electron chi connectivity index (χ4n) is 2.45. The van der Waals surface area contributed by atoms with Gasteiger partial charge in [-0.05, 0) is 0 Å². The molecule has 22 heavy (non-hydrogen) atoms. The Labute approximate surface area is 121 Å². The molecule has 10 heteroatoms. The zero-order valence-electron chi connectivity index (χ0n) is 10.9. The van der Waals surface area contributed by atoms with Crippen molar-refractivity contribution in [1.29, 1.82) is 5.26 Å². The maximum absolute atomic E-state index is 14.3. The van der Waals surface area contributed by atoms with Gasteiger partial charge in [0.05, 0.1) is 6.61 Å². The summed E-state index contributed by atoms with van der Waals surface area (Å²) in [6, 6.07) is 1.52. The molecular formula is C12H10F2N4O4. The fraction of sp³-hybridized carbons (Fsp3) is 0.417. The van der Waals surface area contributed by atoms with Crippen molar-refractivity contribution in [3.05, 3.63) is 18.3 Å². The SMILES string of the molecule is N#CC1(CO)OC(n2cc(F)c3c(O)ncnc32)C(F)C1O. The number of halogens is 2. The summed E-state index contributed by atoms with van der Waals surface area (Å²) < 4.78 is 34.2. The molecule has 0 aliphatic carbocycles. The van der Waals surface area contributed by atoms with Gasteiger partial charge < -0.3 is 20.1 Å². The monoisotopic (exact) mass is 312 g/mol. The Morgan fingerprint density at radius 1 is 1.50 bits per heavy atom. The molecule has 0 saturated carbocycles. The van der Waals surface area contributed by atoms with Gasteiger partial charge in [-0.1, -0.05) is 0 Å². The van der Waals surface area contributed by atoms with Crippen LogP contribution in [0.2, 0.25) is 0 Å². The van der Waals surface area contributed by atoms with Gasteiger partial charge in [0.15, 0.2) is 23.9 Å². The lowest BCUT2D eigenvalue weighted by Gasteiger charge is -2.21. The zero-order chi connectivity index (χ0) is 16.1. The van der Waals surface area contributed by atoms with Crippen molar-refractivity contribution in [1.82, 2.24) is 14.5 Å². The molecule has 4 unspecified atom stereocenters. The lowest BCUT2D eigenvalue weighted by atomic mass is 9.99. The summed E-state index contributed by atoms with van der Waals surface area (Å²) in [5.41, 5.74) is -2.33. The standard InChI is InChI=1S/C12H10F2N4O4/c13-5-1-18(9-6(5)10(21)17-4-16-9)11-7(14)8(20)12(2-15,3-19)22-11/h1,4,7-8,11,19-20H,3H2,(H,16,17,21). The molecule has 1 aliphatic rings. The highest BCUT2D eigenvalue weighted by molar-refractivity contribution is 5.81. The van der Waals surface area contributed by atoms with Crippen molar-refractivity contribution in [3.63, 3.8) is 0 Å². The lowest BCUT2D eigenvalue weighted by Crippen LogP contribution is -2.44. The number of aliphatic hydroxyl groups is 2. The highest BCUT2D eigenvalue weighted by atomic mass is 19.1. The summed E-state index contributed by atoms with van der Waals surface area (Å²) in [6.07, 6.45) is -3.88. The molecule has 0 amide bonds. The van der Waals surface area contributed by atoms with Gasteiger partial charge in [-0.15, -0.1) is 0 Å². The van der Waals surface area contributed by atoms with E-state index in [1.54, 1.807) is 0 Å². The first kappa shape index (κ1) is 14.6. The number of nitrogens with zero attached hydrogens (tertiary/aromatic N) is 4. The number of nitriles is 1. The average Bonchev–Trinajstić information content (AvgIpc) is 2.98. The minimum absolute atomic E-state index is 0.170. The van der Waals surface area contributed by atoms with E-state index >= 15 is 0 Å². The molecule has 1 fully saturated rings. The molecule has 3 N–H and O–H groups in total. The Bertz CT molecular complexity index is 776. The predicted molar refractivity (Wildman–Crippen MR) is 65.6 cm³/mol. The van der Waals surface area contributed by atoms with Gasteiger partial charge in [0.1, 0.15) is 23.9 Å². The van der Waals surface area contributed by atoms with Crippen molar-refractivity contribution in [2.24, 2.45) is 0 Å². The Hall–Kier alpha value is -2.35. The molecule has 2 aromatic heterocycles. The van der Waals surface area contributed by atoms with E-state index in [1.165, 1.54) is 6.07 Å². The van der Waals surface area contributed by atoms with E-state index in [0.717, 1.165) is 17.1 Å². The van der Waals surface area contributed by atoms with E-state index in [0.29, 0.717) is 0 Å². The van der Waals surface area contributed by atoms with Crippen molar-refractivity contribution < 1.29 is 28.8 Å². The van der Waals surface area contributed by atoms with Crippen LogP contribution in [-0.4, -0.2) is 54.3 Å². The smallest absolute Gasteiger partial charge is 0.226 e. The second kappa shape index (κ2) is 4.84. The maximum Gasteiger partial charge on any atom is 0.226 e. The topological polar surface area (TPSA) is 124 Å². The molecule has 0 bridgehead atoms. The van der Waals surface area contributed by atoms with E-state index in [1.807, 2.05) is 0 Å². The number of aliphatic hydroxyl groups excluding tert-OH is 2. The van der Waals surface area contributed by atoms with Gasteiger partial charge in [0.2, 0.25) is 11.5 Å². The van der Waals surface area contributed by atoms with Gasteiger partial charge in [0.25, 0.3) is 0 Å². The zero-order valence-corrected chi connectivity index (χ0v) is 10.9. The van der Waals surface area contributed by atoms with Crippen LogP contribution in [0.25, 0.3) is 11.0 Å². The summed E-state index contributed by atoms with van der Waals surface area (Å²) in [5, 5.41) is 37.2. The minimum atomic E-state index is -2.16. The number of alkyl halides is 1. The third kappa shape index (κ3) is 1.77. The van der Waals surface area contributed by atoms with Crippen LogP contribution in [0.5, 0.6) is 5.88 Å². The van der Waals surface area contributed by atoms with E-state index in [9.17, 15) is 24.1 Å². The number of hydrogen-bond acceptors (Lipinski definition) is 7. The van der Waals surface area contributed by atoms with Crippen molar-refractivity contribution in [2.75, 3.05) is 6.61 Å². The number of aromatic nitrogens is 3. The van der Waals surface area contributed by atoms with Gasteiger partial charge in [0, 0.05) is 6.20 Å². The van der Waals surface area contributed by atoms with Gasteiger partial charge in [-0.25, -0.2) is 18.7 Å². The average molecular weight is 312 g/mol. The molecule has 2 aromatic rings. The molecule has 1 aliphatic heterocycles. The Kier molecular flexibility index (Phi) is 3.21. The lowest BCUT2D eigenvalue weighted by molar-refractivity contribution is -0.0912. The molecule has 0 aromatic carbocycles. The van der Waals surface area contributed by atoms with Crippen LogP contribution in [0.3, 0.4) is 0 Å². The van der Waals surface area contributed by atoms with E-state index in [-0.39, 0.29) is 11.0 Å². The van der Waals surface area contributed by atoms with Crippen LogP contribution >= 0.6 is 0 Å². The molecule has 3 heterocycles. The van der Waals surface area contributed by atoms with E-state index < -0.39 is 42.4 Å².